The van der Waals surface area contributed by atoms with Gasteiger partial charge in [-0.15, -0.1) is 11.6 Å². The molecule has 1 rings (SSSR count). The molecule has 1 nitrogen and oxygen atoms in total. The number of ether oxygens (including phenoxy) is 1. The van der Waals surface area contributed by atoms with Crippen molar-refractivity contribution in [1.29, 1.82) is 0 Å². The van der Waals surface area contributed by atoms with Gasteiger partial charge in [-0.1, -0.05) is 35.7 Å². The van der Waals surface area contributed by atoms with E-state index in [9.17, 15) is 0 Å². The number of alkyl halides is 1. The van der Waals surface area contributed by atoms with Crippen molar-refractivity contribution < 1.29 is 4.74 Å². The Kier molecular flexibility index (Phi) is 5.63. The molecule has 1 aromatic carbocycles. The second-order valence-corrected chi connectivity index (χ2v) is 5.33. The summed E-state index contributed by atoms with van der Waals surface area (Å²) in [5.74, 6) is 0.886. The van der Waals surface area contributed by atoms with Crippen LogP contribution in [0.5, 0.6) is 5.75 Å². The van der Waals surface area contributed by atoms with Crippen molar-refractivity contribution in [3.05, 3.63) is 27.7 Å². The molecule has 1 aromatic rings. The Morgan fingerprint density at radius 3 is 2.69 bits per heavy atom. The van der Waals surface area contributed by atoms with Gasteiger partial charge in [-0.25, -0.2) is 0 Å². The van der Waals surface area contributed by atoms with E-state index in [1.54, 1.807) is 7.11 Å². The van der Waals surface area contributed by atoms with Gasteiger partial charge in [0, 0.05) is 10.0 Å². The van der Waals surface area contributed by atoms with Crippen LogP contribution >= 0.6 is 27.5 Å². The third-order valence-electron chi connectivity index (χ3n) is 2.66. The van der Waals surface area contributed by atoms with Gasteiger partial charge in [0.2, 0.25) is 0 Å². The normalized spacial score (nSPS) is 12.6. The first-order valence-corrected chi connectivity index (χ1v) is 6.81. The largest absolute Gasteiger partial charge is 0.496 e. The van der Waals surface area contributed by atoms with Crippen molar-refractivity contribution in [1.82, 2.24) is 0 Å². The quantitative estimate of drug-likeness (QED) is 0.676. The second-order valence-electron chi connectivity index (χ2n) is 3.95. The molecular formula is C13H18BrClO. The number of benzene rings is 1. The summed E-state index contributed by atoms with van der Waals surface area (Å²) < 4.78 is 6.47. The topological polar surface area (TPSA) is 9.23 Å². The highest BCUT2D eigenvalue weighted by Gasteiger charge is 2.14. The van der Waals surface area contributed by atoms with Crippen molar-refractivity contribution in [2.24, 2.45) is 0 Å². The lowest BCUT2D eigenvalue weighted by Crippen LogP contribution is -1.97. The summed E-state index contributed by atoms with van der Waals surface area (Å²) in [5.41, 5.74) is 2.25. The monoisotopic (exact) mass is 304 g/mol. The van der Waals surface area contributed by atoms with E-state index < -0.39 is 0 Å². The van der Waals surface area contributed by atoms with Gasteiger partial charge in [0.25, 0.3) is 0 Å². The van der Waals surface area contributed by atoms with Gasteiger partial charge in [0.15, 0.2) is 0 Å². The predicted molar refractivity (Wildman–Crippen MR) is 73.6 cm³/mol. The molecule has 0 saturated carbocycles. The SMILES string of the molecule is CCCCC(Cl)c1cc(Br)c(C)cc1OC. The standard InChI is InChI=1S/C13H18BrClO/c1-4-5-6-12(15)10-8-11(14)9(2)7-13(10)16-3/h7-8,12H,4-6H2,1-3H3. The van der Waals surface area contributed by atoms with Crippen molar-refractivity contribution >= 4 is 27.5 Å². The maximum atomic E-state index is 6.39. The van der Waals surface area contributed by atoms with E-state index in [2.05, 4.69) is 28.9 Å². The maximum absolute atomic E-state index is 6.39. The van der Waals surface area contributed by atoms with E-state index in [1.807, 2.05) is 13.0 Å². The fourth-order valence-electron chi connectivity index (χ4n) is 1.63. The minimum absolute atomic E-state index is 0.0341. The van der Waals surface area contributed by atoms with E-state index in [-0.39, 0.29) is 5.38 Å². The minimum atomic E-state index is 0.0341. The van der Waals surface area contributed by atoms with Gasteiger partial charge >= 0.3 is 0 Å². The summed E-state index contributed by atoms with van der Waals surface area (Å²) in [6.45, 7) is 4.22. The van der Waals surface area contributed by atoms with Gasteiger partial charge in [-0.2, -0.15) is 0 Å². The molecule has 3 heteroatoms. The summed E-state index contributed by atoms with van der Waals surface area (Å²) in [6, 6.07) is 4.10. The van der Waals surface area contributed by atoms with Crippen LogP contribution < -0.4 is 4.74 Å². The Hall–Kier alpha value is -0.210. The molecule has 1 atom stereocenters. The van der Waals surface area contributed by atoms with Crippen LogP contribution in [0.4, 0.5) is 0 Å². The highest BCUT2D eigenvalue weighted by molar-refractivity contribution is 9.10. The smallest absolute Gasteiger partial charge is 0.123 e. The van der Waals surface area contributed by atoms with Gasteiger partial charge in [-0.3, -0.25) is 0 Å². The predicted octanol–water partition coefficient (Wildman–Crippen LogP) is 5.24. The van der Waals surface area contributed by atoms with E-state index in [1.165, 1.54) is 12.0 Å². The molecule has 0 aliphatic rings. The third kappa shape index (κ3) is 3.39. The number of rotatable bonds is 5. The Morgan fingerprint density at radius 1 is 1.44 bits per heavy atom. The van der Waals surface area contributed by atoms with Crippen LogP contribution in [0.2, 0.25) is 0 Å². The Morgan fingerprint density at radius 2 is 2.12 bits per heavy atom. The van der Waals surface area contributed by atoms with Crippen molar-refractivity contribution in [3.8, 4) is 5.75 Å². The number of methoxy groups -OCH3 is 1. The van der Waals surface area contributed by atoms with Crippen LogP contribution in [0.3, 0.4) is 0 Å². The third-order valence-corrected chi connectivity index (χ3v) is 3.97. The Balaban J connectivity index is 2.96. The average molecular weight is 306 g/mol. The van der Waals surface area contributed by atoms with E-state index in [0.717, 1.165) is 28.6 Å². The van der Waals surface area contributed by atoms with E-state index in [0.29, 0.717) is 0 Å². The molecule has 0 amide bonds. The maximum Gasteiger partial charge on any atom is 0.123 e. The van der Waals surface area contributed by atoms with Crippen molar-refractivity contribution in [2.45, 2.75) is 38.5 Å². The molecule has 0 fully saturated rings. The van der Waals surface area contributed by atoms with Crippen LogP contribution in [0.15, 0.2) is 16.6 Å². The van der Waals surface area contributed by atoms with Gasteiger partial charge in [0.05, 0.1) is 12.5 Å². The molecule has 0 aromatic heterocycles. The van der Waals surface area contributed by atoms with Gasteiger partial charge in [-0.05, 0) is 31.0 Å². The molecule has 16 heavy (non-hydrogen) atoms. The van der Waals surface area contributed by atoms with Gasteiger partial charge in [0.1, 0.15) is 5.75 Å². The molecule has 0 bridgehead atoms. The van der Waals surface area contributed by atoms with Crippen molar-refractivity contribution in [2.75, 3.05) is 7.11 Å². The number of hydrogen-bond acceptors (Lipinski definition) is 1. The van der Waals surface area contributed by atoms with Gasteiger partial charge < -0.3 is 4.74 Å². The first kappa shape index (κ1) is 13.9. The first-order chi connectivity index (χ1) is 7.60. The fraction of sp³-hybridized carbons (Fsp3) is 0.538. The molecule has 0 heterocycles. The molecule has 1 unspecified atom stereocenters. The molecular weight excluding hydrogens is 287 g/mol. The summed E-state index contributed by atoms with van der Waals surface area (Å²) in [4.78, 5) is 0. The summed E-state index contributed by atoms with van der Waals surface area (Å²) in [5, 5.41) is 0.0341. The molecule has 0 saturated heterocycles. The zero-order valence-corrected chi connectivity index (χ0v) is 12.4. The van der Waals surface area contributed by atoms with Crippen LogP contribution in [-0.4, -0.2) is 7.11 Å². The molecule has 0 radical (unpaired) electrons. The molecule has 0 aliphatic heterocycles. The number of halogens is 2. The number of hydrogen-bond donors (Lipinski definition) is 0. The number of aryl methyl sites for hydroxylation is 1. The fourth-order valence-corrected chi connectivity index (χ4v) is 2.32. The lowest BCUT2D eigenvalue weighted by atomic mass is 10.0. The summed E-state index contributed by atoms with van der Waals surface area (Å²) in [6.07, 6.45) is 3.30. The highest BCUT2D eigenvalue weighted by Crippen LogP contribution is 2.36. The molecule has 0 aliphatic carbocycles. The molecule has 0 N–H and O–H groups in total. The second kappa shape index (κ2) is 6.51. The van der Waals surface area contributed by atoms with Crippen LogP contribution in [0.1, 0.15) is 42.7 Å². The Bertz CT molecular complexity index is 352. The lowest BCUT2D eigenvalue weighted by molar-refractivity contribution is 0.407. The van der Waals surface area contributed by atoms with E-state index in [4.69, 9.17) is 16.3 Å². The zero-order chi connectivity index (χ0) is 12.1. The minimum Gasteiger partial charge on any atom is -0.496 e. The summed E-state index contributed by atoms with van der Waals surface area (Å²) >= 11 is 9.92. The molecule has 90 valence electrons. The lowest BCUT2D eigenvalue weighted by Gasteiger charge is -2.15. The van der Waals surface area contributed by atoms with Crippen LogP contribution in [0.25, 0.3) is 0 Å². The summed E-state index contributed by atoms with van der Waals surface area (Å²) in [7, 11) is 1.69. The average Bonchev–Trinajstić information content (AvgIpc) is 2.28. The van der Waals surface area contributed by atoms with E-state index >= 15 is 0 Å². The zero-order valence-electron chi connectivity index (χ0n) is 10.0. The Labute approximate surface area is 111 Å². The van der Waals surface area contributed by atoms with Crippen LogP contribution in [-0.2, 0) is 0 Å². The number of unbranched alkanes of at least 4 members (excludes halogenated alkanes) is 1. The van der Waals surface area contributed by atoms with Crippen molar-refractivity contribution in [3.63, 3.8) is 0 Å². The molecule has 0 spiro atoms. The van der Waals surface area contributed by atoms with Crippen LogP contribution in [0, 0.1) is 6.92 Å². The first-order valence-electron chi connectivity index (χ1n) is 5.58. The highest BCUT2D eigenvalue weighted by atomic mass is 79.9.